The molecule has 9 heteroatoms. The molecule has 0 aliphatic rings. The number of nitrogens with zero attached hydrogens (tertiary/aromatic N) is 2. The molecule has 0 fully saturated rings. The van der Waals surface area contributed by atoms with Gasteiger partial charge in [0.15, 0.2) is 5.96 Å². The number of nitrogens with one attached hydrogen (secondary N) is 3. The van der Waals surface area contributed by atoms with Crippen LogP contribution in [-0.4, -0.2) is 49.9 Å². The summed E-state index contributed by atoms with van der Waals surface area (Å²) in [4.78, 5) is 29.9. The van der Waals surface area contributed by atoms with E-state index >= 15 is 0 Å². The molecule has 0 aliphatic carbocycles. The lowest BCUT2D eigenvalue weighted by atomic mass is 10.1. The van der Waals surface area contributed by atoms with Crippen LogP contribution in [0.5, 0.6) is 0 Å². The summed E-state index contributed by atoms with van der Waals surface area (Å²) < 4.78 is 13.2. The predicted molar refractivity (Wildman–Crippen MR) is 128 cm³/mol. The Balaban J connectivity index is 0.00000450. The van der Waals surface area contributed by atoms with E-state index in [-0.39, 0.29) is 42.3 Å². The zero-order valence-corrected chi connectivity index (χ0v) is 19.6. The minimum atomic E-state index is -0.413. The van der Waals surface area contributed by atoms with Crippen LogP contribution in [0.1, 0.15) is 22.8 Å². The van der Waals surface area contributed by atoms with E-state index in [1.54, 1.807) is 32.3 Å². The molecule has 0 saturated heterocycles. The van der Waals surface area contributed by atoms with Crippen molar-refractivity contribution in [3.63, 3.8) is 0 Å². The molecule has 0 atom stereocenters. The highest BCUT2D eigenvalue weighted by molar-refractivity contribution is 14.0. The van der Waals surface area contributed by atoms with Gasteiger partial charge < -0.3 is 20.9 Å². The highest BCUT2D eigenvalue weighted by Crippen LogP contribution is 2.09. The Morgan fingerprint density at radius 3 is 2.37 bits per heavy atom. The van der Waals surface area contributed by atoms with Gasteiger partial charge in [-0.15, -0.1) is 24.0 Å². The van der Waals surface area contributed by atoms with Crippen molar-refractivity contribution in [3.8, 4) is 0 Å². The Labute approximate surface area is 193 Å². The molecule has 0 radical (unpaired) electrons. The van der Waals surface area contributed by atoms with Crippen molar-refractivity contribution in [1.29, 1.82) is 0 Å². The van der Waals surface area contributed by atoms with Crippen molar-refractivity contribution in [1.82, 2.24) is 15.5 Å². The Kier molecular flexibility index (Phi) is 10.8. The second kappa shape index (κ2) is 12.8. The van der Waals surface area contributed by atoms with Crippen molar-refractivity contribution in [2.45, 2.75) is 13.5 Å². The van der Waals surface area contributed by atoms with Gasteiger partial charge in [-0.05, 0) is 42.8 Å². The zero-order chi connectivity index (χ0) is 21.2. The average Bonchev–Trinajstić information content (AvgIpc) is 2.70. The number of rotatable bonds is 7. The first kappa shape index (κ1) is 25.3. The third-order valence-corrected chi connectivity index (χ3v) is 3.90. The molecular formula is C21H27FIN5O2. The van der Waals surface area contributed by atoms with Crippen molar-refractivity contribution in [2.24, 2.45) is 4.99 Å². The number of halogens is 2. The number of carbonyl (C=O) groups is 2. The third kappa shape index (κ3) is 8.36. The van der Waals surface area contributed by atoms with Gasteiger partial charge in [0.2, 0.25) is 5.91 Å². The summed E-state index contributed by atoms with van der Waals surface area (Å²) in [6.07, 6.45) is 0. The van der Waals surface area contributed by atoms with Crippen molar-refractivity contribution in [3.05, 3.63) is 65.5 Å². The monoisotopic (exact) mass is 527 g/mol. The maximum atomic E-state index is 13.2. The Hall–Kier alpha value is -2.69. The Morgan fingerprint density at radius 2 is 1.77 bits per heavy atom. The summed E-state index contributed by atoms with van der Waals surface area (Å²) in [5.41, 5.74) is 1.94. The first-order chi connectivity index (χ1) is 13.9. The first-order valence-electron chi connectivity index (χ1n) is 9.27. The van der Waals surface area contributed by atoms with E-state index < -0.39 is 5.82 Å². The normalized spacial score (nSPS) is 10.6. The van der Waals surface area contributed by atoms with Gasteiger partial charge in [-0.25, -0.2) is 9.38 Å². The van der Waals surface area contributed by atoms with E-state index in [1.165, 1.54) is 23.1 Å². The van der Waals surface area contributed by atoms with Crippen molar-refractivity contribution < 1.29 is 14.0 Å². The molecule has 7 nitrogen and oxygen atoms in total. The van der Waals surface area contributed by atoms with Gasteiger partial charge in [0.1, 0.15) is 5.82 Å². The molecule has 30 heavy (non-hydrogen) atoms. The maximum absolute atomic E-state index is 13.2. The summed E-state index contributed by atoms with van der Waals surface area (Å²) in [5, 5.41) is 8.63. The van der Waals surface area contributed by atoms with Gasteiger partial charge in [-0.1, -0.05) is 18.2 Å². The summed E-state index contributed by atoms with van der Waals surface area (Å²) in [6.45, 7) is 2.93. The summed E-state index contributed by atoms with van der Waals surface area (Å²) in [5.74, 6) is -0.300. The van der Waals surface area contributed by atoms with Gasteiger partial charge in [-0.3, -0.25) is 9.59 Å². The molecule has 2 aromatic rings. The fraction of sp³-hybridized carbons (Fsp3) is 0.286. The minimum absolute atomic E-state index is 0. The van der Waals surface area contributed by atoms with Gasteiger partial charge in [0.05, 0.1) is 13.1 Å². The summed E-state index contributed by atoms with van der Waals surface area (Å²) >= 11 is 0. The zero-order valence-electron chi connectivity index (χ0n) is 17.2. The summed E-state index contributed by atoms with van der Waals surface area (Å²) in [6, 6.07) is 12.9. The number of hydrogen-bond acceptors (Lipinski definition) is 3. The van der Waals surface area contributed by atoms with Gasteiger partial charge in [-0.2, -0.15) is 0 Å². The second-order valence-electron chi connectivity index (χ2n) is 6.50. The molecule has 162 valence electrons. The van der Waals surface area contributed by atoms with Crippen molar-refractivity contribution in [2.75, 3.05) is 32.5 Å². The molecule has 0 aliphatic heterocycles. The van der Waals surface area contributed by atoms with Crippen LogP contribution in [0.4, 0.5) is 10.1 Å². The van der Waals surface area contributed by atoms with E-state index in [4.69, 9.17) is 0 Å². The average molecular weight is 527 g/mol. The minimum Gasteiger partial charge on any atom is -0.357 e. The van der Waals surface area contributed by atoms with Crippen LogP contribution in [0.25, 0.3) is 0 Å². The molecule has 0 unspecified atom stereocenters. The topological polar surface area (TPSA) is 85.8 Å². The number of carbonyl (C=O) groups excluding carboxylic acids is 2. The molecular weight excluding hydrogens is 500 g/mol. The smallest absolute Gasteiger partial charge is 0.253 e. The number of guanidine groups is 1. The molecule has 0 saturated carbocycles. The van der Waals surface area contributed by atoms with Crippen LogP contribution < -0.4 is 16.0 Å². The number of amides is 2. The number of aliphatic imine (C=N–C) groups is 1. The maximum Gasteiger partial charge on any atom is 0.253 e. The number of benzene rings is 2. The van der Waals surface area contributed by atoms with Crippen LogP contribution in [0.15, 0.2) is 53.5 Å². The van der Waals surface area contributed by atoms with Crippen LogP contribution >= 0.6 is 24.0 Å². The molecule has 3 N–H and O–H groups in total. The lowest BCUT2D eigenvalue weighted by Gasteiger charge is -2.12. The third-order valence-electron chi connectivity index (χ3n) is 3.90. The quantitative estimate of drug-likeness (QED) is 0.294. The van der Waals surface area contributed by atoms with Gasteiger partial charge >= 0.3 is 0 Å². The highest BCUT2D eigenvalue weighted by Gasteiger charge is 2.08. The SMILES string of the molecule is CCNC(=NCc1ccc(C(=O)N(C)C)cc1)NCC(=O)Nc1cccc(F)c1.I. The first-order valence-corrected chi connectivity index (χ1v) is 9.27. The van der Waals surface area contributed by atoms with E-state index in [0.29, 0.717) is 30.3 Å². The predicted octanol–water partition coefficient (Wildman–Crippen LogP) is 2.84. The van der Waals surface area contributed by atoms with Crippen LogP contribution in [0.2, 0.25) is 0 Å². The molecule has 0 bridgehead atoms. The van der Waals surface area contributed by atoms with Crippen LogP contribution in [-0.2, 0) is 11.3 Å². The Bertz CT molecular complexity index is 872. The van der Waals surface area contributed by atoms with Crippen molar-refractivity contribution >= 4 is 47.4 Å². The molecule has 0 spiro atoms. The highest BCUT2D eigenvalue weighted by atomic mass is 127. The Morgan fingerprint density at radius 1 is 1.07 bits per heavy atom. The fourth-order valence-electron chi connectivity index (χ4n) is 2.46. The summed E-state index contributed by atoms with van der Waals surface area (Å²) in [7, 11) is 3.42. The molecule has 2 amide bonds. The van der Waals surface area contributed by atoms with E-state index in [2.05, 4.69) is 20.9 Å². The number of hydrogen-bond donors (Lipinski definition) is 3. The van der Waals surface area contributed by atoms with E-state index in [1.807, 2.05) is 19.1 Å². The molecule has 0 aromatic heterocycles. The van der Waals surface area contributed by atoms with Gasteiger partial charge in [0.25, 0.3) is 5.91 Å². The second-order valence-corrected chi connectivity index (χ2v) is 6.50. The van der Waals surface area contributed by atoms with Crippen LogP contribution in [0.3, 0.4) is 0 Å². The molecule has 0 heterocycles. The molecule has 2 rings (SSSR count). The standard InChI is InChI=1S/C21H26FN5O2.HI/c1-4-23-21(25-14-19(28)26-18-7-5-6-17(22)12-18)24-13-15-8-10-16(11-9-15)20(29)27(2)3;/h5-12H,4,13-14H2,1-3H3,(H,26,28)(H2,23,24,25);1H. The largest absolute Gasteiger partial charge is 0.357 e. The lowest BCUT2D eigenvalue weighted by molar-refractivity contribution is -0.115. The molecule has 2 aromatic carbocycles. The van der Waals surface area contributed by atoms with E-state index in [9.17, 15) is 14.0 Å². The lowest BCUT2D eigenvalue weighted by Crippen LogP contribution is -2.41. The van der Waals surface area contributed by atoms with Gasteiger partial charge in [0, 0.05) is 31.9 Å². The number of anilines is 1. The van der Waals surface area contributed by atoms with E-state index in [0.717, 1.165) is 5.56 Å². The fourth-order valence-corrected chi connectivity index (χ4v) is 2.46. The van der Waals surface area contributed by atoms with Crippen LogP contribution in [0, 0.1) is 5.82 Å².